The first kappa shape index (κ1) is 16.1. The van der Waals surface area contributed by atoms with Crippen LogP contribution < -0.4 is 11.1 Å². The second kappa shape index (κ2) is 7.12. The fourth-order valence-corrected chi connectivity index (χ4v) is 4.62. The summed E-state index contributed by atoms with van der Waals surface area (Å²) in [6, 6.07) is 0.314. The number of carbonyl (C=O) groups excluding carboxylic acids is 1. The lowest BCUT2D eigenvalue weighted by molar-refractivity contribution is -0.128. The Labute approximate surface area is 131 Å². The van der Waals surface area contributed by atoms with Crippen LogP contribution in [0, 0.1) is 5.41 Å². The minimum atomic E-state index is -0.580. The van der Waals surface area contributed by atoms with E-state index in [0.717, 1.165) is 38.5 Å². The number of nitrogens with two attached hydrogens (primary N) is 1. The summed E-state index contributed by atoms with van der Waals surface area (Å²) in [5.41, 5.74) is 5.39. The van der Waals surface area contributed by atoms with Crippen molar-refractivity contribution in [1.82, 2.24) is 5.32 Å². The molecule has 3 nitrogen and oxygen atoms in total. The standard InChI is InChI=1S/C15H26N2OS2/c1-20-12-7-6-11(10-12)17-14(18)15(13(16)19)8-4-2-3-5-9-15/h11-12H,2-10H2,1H3,(H2,16,19)(H,17,18). The van der Waals surface area contributed by atoms with Gasteiger partial charge < -0.3 is 11.1 Å². The predicted octanol–water partition coefficient (Wildman–Crippen LogP) is 3.01. The van der Waals surface area contributed by atoms with E-state index in [0.29, 0.717) is 16.3 Å². The molecule has 0 aliphatic heterocycles. The van der Waals surface area contributed by atoms with Gasteiger partial charge in [0.2, 0.25) is 5.91 Å². The lowest BCUT2D eigenvalue weighted by Gasteiger charge is -2.31. The highest BCUT2D eigenvalue weighted by Gasteiger charge is 2.42. The minimum absolute atomic E-state index is 0.0960. The molecule has 5 heteroatoms. The van der Waals surface area contributed by atoms with Gasteiger partial charge in [0.15, 0.2) is 0 Å². The van der Waals surface area contributed by atoms with Crippen molar-refractivity contribution >= 4 is 34.9 Å². The molecule has 114 valence electrons. The highest BCUT2D eigenvalue weighted by Crippen LogP contribution is 2.37. The van der Waals surface area contributed by atoms with E-state index < -0.39 is 5.41 Å². The first-order chi connectivity index (χ1) is 9.58. The molecule has 20 heavy (non-hydrogen) atoms. The Morgan fingerprint density at radius 2 is 1.90 bits per heavy atom. The van der Waals surface area contributed by atoms with Crippen LogP contribution in [0.2, 0.25) is 0 Å². The van der Waals surface area contributed by atoms with E-state index in [2.05, 4.69) is 11.6 Å². The second-order valence-electron chi connectivity index (χ2n) is 6.20. The van der Waals surface area contributed by atoms with Crippen LogP contribution in [0.15, 0.2) is 0 Å². The van der Waals surface area contributed by atoms with Gasteiger partial charge in [0.1, 0.15) is 0 Å². The van der Waals surface area contributed by atoms with Gasteiger partial charge in [-0.1, -0.05) is 37.9 Å². The Hall–Kier alpha value is -0.290. The van der Waals surface area contributed by atoms with E-state index in [1.54, 1.807) is 0 Å². The Morgan fingerprint density at radius 3 is 2.40 bits per heavy atom. The molecular formula is C15H26N2OS2. The predicted molar refractivity (Wildman–Crippen MR) is 90.0 cm³/mol. The van der Waals surface area contributed by atoms with Gasteiger partial charge >= 0.3 is 0 Å². The van der Waals surface area contributed by atoms with Crippen molar-refractivity contribution in [1.29, 1.82) is 0 Å². The average Bonchev–Trinajstić information content (AvgIpc) is 2.73. The van der Waals surface area contributed by atoms with E-state index in [-0.39, 0.29) is 5.91 Å². The molecule has 2 unspecified atom stereocenters. The highest BCUT2D eigenvalue weighted by molar-refractivity contribution is 7.99. The molecule has 2 aliphatic rings. The van der Waals surface area contributed by atoms with Gasteiger partial charge in [0.25, 0.3) is 0 Å². The Morgan fingerprint density at radius 1 is 1.25 bits per heavy atom. The number of nitrogens with one attached hydrogen (secondary N) is 1. The van der Waals surface area contributed by atoms with Gasteiger partial charge in [0.05, 0.1) is 10.4 Å². The summed E-state index contributed by atoms with van der Waals surface area (Å²) in [5, 5.41) is 3.93. The summed E-state index contributed by atoms with van der Waals surface area (Å²) in [4.78, 5) is 13.2. The summed E-state index contributed by atoms with van der Waals surface area (Å²) in [7, 11) is 0. The van der Waals surface area contributed by atoms with Gasteiger partial charge in [-0.05, 0) is 38.4 Å². The quantitative estimate of drug-likeness (QED) is 0.619. The molecule has 2 atom stereocenters. The topological polar surface area (TPSA) is 55.1 Å². The lowest BCUT2D eigenvalue weighted by Crippen LogP contribution is -2.51. The second-order valence-corrected chi connectivity index (χ2v) is 7.78. The van der Waals surface area contributed by atoms with Crippen LogP contribution in [0.3, 0.4) is 0 Å². The van der Waals surface area contributed by atoms with Gasteiger partial charge in [-0.25, -0.2) is 0 Å². The fourth-order valence-electron chi connectivity index (χ4n) is 3.53. The minimum Gasteiger partial charge on any atom is -0.392 e. The summed E-state index contributed by atoms with van der Waals surface area (Å²) in [6.45, 7) is 0. The first-order valence-electron chi connectivity index (χ1n) is 7.72. The number of thioether (sulfide) groups is 1. The van der Waals surface area contributed by atoms with E-state index in [9.17, 15) is 4.79 Å². The Bertz CT molecular complexity index is 365. The summed E-state index contributed by atoms with van der Waals surface area (Å²) in [6.07, 6.45) is 11.7. The van der Waals surface area contributed by atoms with Crippen molar-refractivity contribution < 1.29 is 4.79 Å². The highest BCUT2D eigenvalue weighted by atomic mass is 32.2. The monoisotopic (exact) mass is 314 g/mol. The number of hydrogen-bond donors (Lipinski definition) is 2. The molecule has 0 heterocycles. The molecule has 0 bridgehead atoms. The fraction of sp³-hybridized carbons (Fsp3) is 0.867. The molecule has 2 fully saturated rings. The summed E-state index contributed by atoms with van der Waals surface area (Å²) >= 11 is 7.17. The van der Waals surface area contributed by atoms with Crippen LogP contribution in [0.25, 0.3) is 0 Å². The zero-order valence-corrected chi connectivity index (χ0v) is 14.0. The maximum absolute atomic E-state index is 12.8. The first-order valence-corrected chi connectivity index (χ1v) is 9.42. The maximum Gasteiger partial charge on any atom is 0.233 e. The number of thiocarbonyl (C=S) groups is 1. The molecule has 2 rings (SSSR count). The smallest absolute Gasteiger partial charge is 0.233 e. The van der Waals surface area contributed by atoms with Crippen molar-refractivity contribution in [3.05, 3.63) is 0 Å². The molecular weight excluding hydrogens is 288 g/mol. The third-order valence-electron chi connectivity index (χ3n) is 4.92. The molecule has 0 aromatic heterocycles. The van der Waals surface area contributed by atoms with Crippen molar-refractivity contribution in [3.63, 3.8) is 0 Å². The van der Waals surface area contributed by atoms with Crippen LogP contribution in [0.1, 0.15) is 57.8 Å². The van der Waals surface area contributed by atoms with Gasteiger partial charge in [-0.15, -0.1) is 0 Å². The molecule has 0 aromatic rings. The van der Waals surface area contributed by atoms with Crippen molar-refractivity contribution in [2.45, 2.75) is 69.1 Å². The number of hydrogen-bond acceptors (Lipinski definition) is 3. The largest absolute Gasteiger partial charge is 0.392 e. The summed E-state index contributed by atoms with van der Waals surface area (Å²) < 4.78 is 0. The SMILES string of the molecule is CSC1CCC(NC(=O)C2(C(N)=S)CCCCCC2)C1. The number of amides is 1. The van der Waals surface area contributed by atoms with Crippen LogP contribution in [0.5, 0.6) is 0 Å². The third kappa shape index (κ3) is 3.48. The van der Waals surface area contributed by atoms with Crippen LogP contribution in [0.4, 0.5) is 0 Å². The van der Waals surface area contributed by atoms with Crippen molar-refractivity contribution in [2.75, 3.05) is 6.26 Å². The van der Waals surface area contributed by atoms with Crippen LogP contribution >= 0.6 is 24.0 Å². The van der Waals surface area contributed by atoms with E-state index in [4.69, 9.17) is 18.0 Å². The molecule has 2 aliphatic carbocycles. The van der Waals surface area contributed by atoms with Gasteiger partial charge in [0, 0.05) is 11.3 Å². The molecule has 0 spiro atoms. The average molecular weight is 315 g/mol. The molecule has 1 amide bonds. The van der Waals surface area contributed by atoms with E-state index in [1.165, 1.54) is 19.3 Å². The maximum atomic E-state index is 12.8. The zero-order valence-electron chi connectivity index (χ0n) is 12.3. The van der Waals surface area contributed by atoms with Gasteiger partial charge in [-0.3, -0.25) is 4.79 Å². The molecule has 0 radical (unpaired) electrons. The molecule has 3 N–H and O–H groups in total. The number of carbonyl (C=O) groups is 1. The summed E-state index contributed by atoms with van der Waals surface area (Å²) in [5.74, 6) is 0.0960. The van der Waals surface area contributed by atoms with Crippen molar-refractivity contribution in [2.24, 2.45) is 11.1 Å². The lowest BCUT2D eigenvalue weighted by atomic mass is 9.79. The third-order valence-corrected chi connectivity index (χ3v) is 6.40. The van der Waals surface area contributed by atoms with E-state index in [1.807, 2.05) is 11.8 Å². The Balaban J connectivity index is 2.02. The normalized spacial score (nSPS) is 29.6. The van der Waals surface area contributed by atoms with Crippen molar-refractivity contribution in [3.8, 4) is 0 Å². The Kier molecular flexibility index (Phi) is 5.73. The number of rotatable bonds is 4. The molecule has 2 saturated carbocycles. The van der Waals surface area contributed by atoms with Gasteiger partial charge in [-0.2, -0.15) is 11.8 Å². The zero-order chi connectivity index (χ0) is 14.6. The van der Waals surface area contributed by atoms with Crippen LogP contribution in [-0.4, -0.2) is 28.4 Å². The van der Waals surface area contributed by atoms with E-state index >= 15 is 0 Å². The molecule has 0 saturated heterocycles. The van der Waals surface area contributed by atoms with Crippen LogP contribution in [-0.2, 0) is 4.79 Å². The molecule has 0 aromatic carbocycles.